The van der Waals surface area contributed by atoms with Gasteiger partial charge in [-0.3, -0.25) is 0 Å². The summed E-state index contributed by atoms with van der Waals surface area (Å²) in [5.41, 5.74) is 1.45. The molecule has 0 N–H and O–H groups in total. The van der Waals surface area contributed by atoms with Crippen LogP contribution in [0.1, 0.15) is 40.0 Å². The van der Waals surface area contributed by atoms with Gasteiger partial charge in [0.25, 0.3) is 8.32 Å². The van der Waals surface area contributed by atoms with Gasteiger partial charge >= 0.3 is 0 Å². The van der Waals surface area contributed by atoms with E-state index in [0.29, 0.717) is 10.7 Å². The van der Waals surface area contributed by atoms with Gasteiger partial charge in [-0.2, -0.15) is 0 Å². The average molecular weight is 479 g/mol. The van der Waals surface area contributed by atoms with E-state index in [0.717, 1.165) is 38.1 Å². The summed E-state index contributed by atoms with van der Waals surface area (Å²) in [6.07, 6.45) is 6.38. The van der Waals surface area contributed by atoms with Crippen LogP contribution < -0.4 is 10.4 Å². The molecule has 0 aliphatic heterocycles. The highest BCUT2D eigenvalue weighted by atomic mass is 35.5. The summed E-state index contributed by atoms with van der Waals surface area (Å²) in [5.74, 6) is 0. The average Bonchev–Trinajstić information content (AvgIpc) is 3.23. The van der Waals surface area contributed by atoms with Gasteiger partial charge in [0.1, 0.15) is 11.8 Å². The van der Waals surface area contributed by atoms with Crippen LogP contribution >= 0.6 is 11.6 Å². The van der Waals surface area contributed by atoms with E-state index in [2.05, 4.69) is 96.4 Å². The molecule has 0 aliphatic carbocycles. The maximum absolute atomic E-state index is 6.97. The number of hydrogen-bond acceptors (Lipinski definition) is 4. The number of rotatable bonds is 9. The van der Waals surface area contributed by atoms with Crippen LogP contribution in [0.25, 0.3) is 11.2 Å². The number of hydrogen-bond donors (Lipinski definition) is 0. The first-order valence-corrected chi connectivity index (χ1v) is 13.8. The van der Waals surface area contributed by atoms with Crippen molar-refractivity contribution in [2.75, 3.05) is 6.61 Å². The molecule has 0 saturated carbocycles. The molecule has 4 aromatic rings. The third kappa shape index (κ3) is 4.88. The maximum Gasteiger partial charge on any atom is 0.261 e. The molecule has 0 saturated heterocycles. The van der Waals surface area contributed by atoms with Gasteiger partial charge in [0, 0.05) is 13.2 Å². The van der Waals surface area contributed by atoms with Crippen molar-refractivity contribution in [2.45, 2.75) is 51.6 Å². The molecule has 172 valence electrons. The highest BCUT2D eigenvalue weighted by Gasteiger charge is 2.49. The van der Waals surface area contributed by atoms with E-state index in [1.807, 2.05) is 4.57 Å². The Balaban J connectivity index is 1.44. The summed E-state index contributed by atoms with van der Waals surface area (Å²) in [6.45, 7) is 8.54. The minimum absolute atomic E-state index is 0.00437. The molecule has 5 nitrogen and oxygen atoms in total. The van der Waals surface area contributed by atoms with Gasteiger partial charge in [-0.25, -0.2) is 15.0 Å². The molecule has 2 heterocycles. The van der Waals surface area contributed by atoms with Crippen LogP contribution in [0.2, 0.25) is 10.2 Å². The highest BCUT2D eigenvalue weighted by Crippen LogP contribution is 2.36. The van der Waals surface area contributed by atoms with Crippen molar-refractivity contribution >= 4 is 41.5 Å². The molecule has 4 rings (SSSR count). The lowest BCUT2D eigenvalue weighted by molar-refractivity contribution is 0.286. The first kappa shape index (κ1) is 23.6. The van der Waals surface area contributed by atoms with E-state index in [1.165, 1.54) is 16.7 Å². The van der Waals surface area contributed by atoms with Gasteiger partial charge in [-0.05, 0) is 34.7 Å². The van der Waals surface area contributed by atoms with Gasteiger partial charge in [0.2, 0.25) is 0 Å². The standard InChI is InChI=1S/C26H31ClN4OSi/c1-26(2,3)33(21-13-7-4-8-14-21,22-15-9-5-10-16-22)32-18-12-6-11-17-31-20-30-23-24(27)28-19-29-25(23)31/h4-5,7-10,13-16,19-20H,6,11-12,17-18H2,1-3H3. The first-order valence-electron chi connectivity index (χ1n) is 11.5. The molecule has 0 amide bonds. The van der Waals surface area contributed by atoms with E-state index in [1.54, 1.807) is 6.33 Å². The van der Waals surface area contributed by atoms with E-state index < -0.39 is 8.32 Å². The molecule has 2 aromatic heterocycles. The molecule has 0 atom stereocenters. The Morgan fingerprint density at radius 1 is 0.848 bits per heavy atom. The summed E-state index contributed by atoms with van der Waals surface area (Å²) in [4.78, 5) is 12.7. The molecule has 0 aliphatic rings. The van der Waals surface area contributed by atoms with Crippen molar-refractivity contribution in [2.24, 2.45) is 0 Å². The normalized spacial score (nSPS) is 12.4. The summed E-state index contributed by atoms with van der Waals surface area (Å²) in [6, 6.07) is 21.6. The summed E-state index contributed by atoms with van der Waals surface area (Å²) in [7, 11) is -2.45. The number of aromatic nitrogens is 4. The number of imidazole rings is 1. The van der Waals surface area contributed by atoms with Crippen LogP contribution in [0.4, 0.5) is 0 Å². The summed E-state index contributed by atoms with van der Waals surface area (Å²) < 4.78 is 9.02. The fraction of sp³-hybridized carbons (Fsp3) is 0.346. The predicted octanol–water partition coefficient (Wildman–Crippen LogP) is 5.23. The zero-order valence-electron chi connectivity index (χ0n) is 19.5. The van der Waals surface area contributed by atoms with Crippen molar-refractivity contribution in [3.63, 3.8) is 0 Å². The van der Waals surface area contributed by atoms with Gasteiger partial charge in [0.15, 0.2) is 10.8 Å². The van der Waals surface area contributed by atoms with Crippen LogP contribution in [0.5, 0.6) is 0 Å². The van der Waals surface area contributed by atoms with Gasteiger partial charge in [-0.1, -0.05) is 93.0 Å². The SMILES string of the molecule is CC(C)(C)[Si](OCCCCCn1cnc2c(Cl)ncnc21)(c1ccccc1)c1ccccc1. The zero-order valence-corrected chi connectivity index (χ0v) is 21.3. The van der Waals surface area contributed by atoms with Crippen LogP contribution in [0.3, 0.4) is 0 Å². The molecule has 7 heteroatoms. The lowest BCUT2D eigenvalue weighted by atomic mass is 10.2. The van der Waals surface area contributed by atoms with E-state index in [-0.39, 0.29) is 5.04 Å². The third-order valence-electron chi connectivity index (χ3n) is 6.14. The molecule has 0 bridgehead atoms. The first-order chi connectivity index (χ1) is 15.9. The Labute approximate surface area is 202 Å². The Kier molecular flexibility index (Phi) is 7.27. The predicted molar refractivity (Wildman–Crippen MR) is 138 cm³/mol. The van der Waals surface area contributed by atoms with Gasteiger partial charge in [-0.15, -0.1) is 0 Å². The van der Waals surface area contributed by atoms with Crippen LogP contribution in [0.15, 0.2) is 73.3 Å². The van der Waals surface area contributed by atoms with E-state index >= 15 is 0 Å². The van der Waals surface area contributed by atoms with E-state index in [9.17, 15) is 0 Å². The quantitative estimate of drug-likeness (QED) is 0.188. The van der Waals surface area contributed by atoms with Gasteiger partial charge in [0.05, 0.1) is 6.33 Å². The fourth-order valence-electron chi connectivity index (χ4n) is 4.56. The minimum atomic E-state index is -2.45. The summed E-state index contributed by atoms with van der Waals surface area (Å²) >= 11 is 6.11. The number of unbranched alkanes of at least 4 members (excludes halogenated alkanes) is 2. The maximum atomic E-state index is 6.97. The molecular formula is C26H31ClN4OSi. The van der Waals surface area contributed by atoms with Gasteiger partial charge < -0.3 is 8.99 Å². The minimum Gasteiger partial charge on any atom is -0.407 e. The largest absolute Gasteiger partial charge is 0.407 e. The van der Waals surface area contributed by atoms with Crippen LogP contribution in [-0.4, -0.2) is 34.4 Å². The second kappa shape index (κ2) is 10.2. The molecular weight excluding hydrogens is 448 g/mol. The van der Waals surface area contributed by atoms with E-state index in [4.69, 9.17) is 16.0 Å². The highest BCUT2D eigenvalue weighted by molar-refractivity contribution is 6.99. The van der Waals surface area contributed by atoms with Crippen molar-refractivity contribution in [1.82, 2.24) is 19.5 Å². The van der Waals surface area contributed by atoms with Crippen molar-refractivity contribution in [3.05, 3.63) is 78.5 Å². The lowest BCUT2D eigenvalue weighted by Gasteiger charge is -2.43. The molecule has 0 radical (unpaired) electrons. The lowest BCUT2D eigenvalue weighted by Crippen LogP contribution is -2.66. The van der Waals surface area contributed by atoms with Crippen molar-refractivity contribution in [3.8, 4) is 0 Å². The number of benzene rings is 2. The van der Waals surface area contributed by atoms with Crippen LogP contribution in [-0.2, 0) is 11.0 Å². The zero-order chi connectivity index (χ0) is 23.3. The topological polar surface area (TPSA) is 52.8 Å². The molecule has 0 unspecified atom stereocenters. The molecule has 33 heavy (non-hydrogen) atoms. The molecule has 2 aromatic carbocycles. The summed E-state index contributed by atoms with van der Waals surface area (Å²) in [5, 5.41) is 3.05. The van der Waals surface area contributed by atoms with Crippen molar-refractivity contribution in [1.29, 1.82) is 0 Å². The Morgan fingerprint density at radius 3 is 2.09 bits per heavy atom. The van der Waals surface area contributed by atoms with Crippen molar-refractivity contribution < 1.29 is 4.43 Å². The molecule has 0 fully saturated rings. The molecule has 0 spiro atoms. The smallest absolute Gasteiger partial charge is 0.261 e. The Hall–Kier alpha value is -2.54. The Morgan fingerprint density at radius 2 is 1.48 bits per heavy atom. The second-order valence-electron chi connectivity index (χ2n) is 9.35. The number of fused-ring (bicyclic) bond motifs is 1. The second-order valence-corrected chi connectivity index (χ2v) is 14.0. The number of nitrogens with zero attached hydrogens (tertiary/aromatic N) is 4. The number of aryl methyl sites for hydroxylation is 1. The van der Waals surface area contributed by atoms with Crippen LogP contribution in [0, 0.1) is 0 Å². The fourth-order valence-corrected chi connectivity index (χ4v) is 9.35. The third-order valence-corrected chi connectivity index (χ3v) is 11.5. The monoisotopic (exact) mass is 478 g/mol. The number of halogens is 1. The Bertz CT molecular complexity index is 1140.